The Balaban J connectivity index is 1.44. The van der Waals surface area contributed by atoms with Crippen molar-refractivity contribution in [3.05, 3.63) is 58.1 Å². The summed E-state index contributed by atoms with van der Waals surface area (Å²) in [4.78, 5) is 13.0. The van der Waals surface area contributed by atoms with Gasteiger partial charge in [0.05, 0.1) is 17.4 Å². The molecule has 0 atom stereocenters. The summed E-state index contributed by atoms with van der Waals surface area (Å²) in [5.74, 6) is 1.77. The zero-order chi connectivity index (χ0) is 22.7. The van der Waals surface area contributed by atoms with Crippen LogP contribution in [0.5, 0.6) is 5.75 Å². The molecule has 9 heteroatoms. The Hall–Kier alpha value is -2.29. The molecule has 32 heavy (non-hydrogen) atoms. The second kappa shape index (κ2) is 10.1. The molecule has 0 radical (unpaired) electrons. The fourth-order valence-electron chi connectivity index (χ4n) is 3.73. The van der Waals surface area contributed by atoms with Gasteiger partial charge in [-0.3, -0.25) is 9.36 Å². The molecule has 1 saturated carbocycles. The molecule has 1 aliphatic carbocycles. The van der Waals surface area contributed by atoms with Crippen LogP contribution in [0.25, 0.3) is 0 Å². The zero-order valence-electron chi connectivity index (χ0n) is 18.5. The third kappa shape index (κ3) is 5.03. The Bertz CT molecular complexity index is 1110. The number of rotatable bonds is 11. The molecule has 3 aromatic rings. The van der Waals surface area contributed by atoms with Crippen molar-refractivity contribution in [3.63, 3.8) is 0 Å². The second-order valence-corrected chi connectivity index (χ2v) is 9.21. The van der Waals surface area contributed by atoms with Crippen LogP contribution in [-0.2, 0) is 17.9 Å². The number of carbonyl (C=O) groups is 1. The molecule has 7 nitrogen and oxygen atoms in total. The number of hydrogen-bond acceptors (Lipinski definition) is 6. The summed E-state index contributed by atoms with van der Waals surface area (Å²) in [6.45, 7) is 5.63. The fraction of sp³-hybridized carbons (Fsp3) is 0.435. The minimum atomic E-state index is 0.0889. The number of thioether (sulfide) groups is 1. The zero-order valence-corrected chi connectivity index (χ0v) is 20.1. The van der Waals surface area contributed by atoms with Crippen LogP contribution in [0.3, 0.4) is 0 Å². The minimum Gasteiger partial charge on any atom is -0.484 e. The quantitative estimate of drug-likeness (QED) is 0.291. The van der Waals surface area contributed by atoms with Crippen LogP contribution >= 0.6 is 23.4 Å². The highest BCUT2D eigenvalue weighted by Crippen LogP contribution is 2.39. The number of benzene rings is 1. The monoisotopic (exact) mass is 474 g/mol. The number of para-hydroxylation sites is 1. The second-order valence-electron chi connectivity index (χ2n) is 7.86. The normalized spacial score (nSPS) is 13.5. The highest BCUT2D eigenvalue weighted by Gasteiger charge is 2.30. The molecular formula is C23H27ClN4O3S. The van der Waals surface area contributed by atoms with Crippen LogP contribution in [0, 0.1) is 13.8 Å². The molecule has 2 heterocycles. The van der Waals surface area contributed by atoms with Gasteiger partial charge in [0, 0.05) is 36.6 Å². The number of carbonyl (C=O) groups excluding carboxylic acids is 1. The molecule has 2 aromatic heterocycles. The topological polar surface area (TPSA) is 71.2 Å². The molecule has 1 fully saturated rings. The van der Waals surface area contributed by atoms with Gasteiger partial charge in [-0.1, -0.05) is 35.5 Å². The lowest BCUT2D eigenvalue weighted by Gasteiger charge is -2.11. The molecule has 4 rings (SSSR count). The van der Waals surface area contributed by atoms with E-state index >= 15 is 0 Å². The average Bonchev–Trinajstić information content (AvgIpc) is 3.48. The van der Waals surface area contributed by atoms with Crippen molar-refractivity contribution in [1.29, 1.82) is 0 Å². The SMILES string of the molecule is COCCn1c(C)cc(C(=O)CSc2nnc(COc3ccccc3Cl)n2C2CC2)c1C. The maximum Gasteiger partial charge on any atom is 0.192 e. The third-order valence-electron chi connectivity index (χ3n) is 5.57. The molecule has 0 aliphatic heterocycles. The summed E-state index contributed by atoms with van der Waals surface area (Å²) in [5.41, 5.74) is 2.79. The Morgan fingerprint density at radius 3 is 2.75 bits per heavy atom. The van der Waals surface area contributed by atoms with Crippen molar-refractivity contribution in [2.45, 2.75) is 51.0 Å². The molecule has 1 aromatic carbocycles. The number of aromatic nitrogens is 4. The molecule has 0 N–H and O–H groups in total. The lowest BCUT2D eigenvalue weighted by Crippen LogP contribution is -2.10. The Kier molecular flexibility index (Phi) is 7.23. The molecule has 0 unspecified atom stereocenters. The lowest BCUT2D eigenvalue weighted by atomic mass is 10.2. The number of ketones is 1. The first-order valence-corrected chi connectivity index (χ1v) is 12.0. The first-order valence-electron chi connectivity index (χ1n) is 10.6. The van der Waals surface area contributed by atoms with Crippen LogP contribution in [0.4, 0.5) is 0 Å². The van der Waals surface area contributed by atoms with E-state index in [2.05, 4.69) is 19.3 Å². The van der Waals surface area contributed by atoms with Crippen LogP contribution in [0.2, 0.25) is 5.02 Å². The Morgan fingerprint density at radius 2 is 2.03 bits per heavy atom. The molecule has 0 bridgehead atoms. The van der Waals surface area contributed by atoms with Crippen LogP contribution in [0.1, 0.15) is 46.5 Å². The smallest absolute Gasteiger partial charge is 0.192 e. The highest BCUT2D eigenvalue weighted by molar-refractivity contribution is 7.99. The first-order chi connectivity index (χ1) is 15.5. The van der Waals surface area contributed by atoms with Gasteiger partial charge < -0.3 is 14.0 Å². The van der Waals surface area contributed by atoms with Gasteiger partial charge in [-0.05, 0) is 44.9 Å². The van der Waals surface area contributed by atoms with Gasteiger partial charge in [0.15, 0.2) is 16.8 Å². The number of nitrogens with zero attached hydrogens (tertiary/aromatic N) is 4. The van der Waals surface area contributed by atoms with E-state index in [4.69, 9.17) is 21.1 Å². The summed E-state index contributed by atoms with van der Waals surface area (Å²) in [6, 6.07) is 9.70. The predicted molar refractivity (Wildman–Crippen MR) is 125 cm³/mol. The fourth-order valence-corrected chi connectivity index (χ4v) is 4.82. The van der Waals surface area contributed by atoms with Crippen molar-refractivity contribution in [1.82, 2.24) is 19.3 Å². The number of aryl methyl sites for hydroxylation is 1. The van der Waals surface area contributed by atoms with Crippen LogP contribution < -0.4 is 4.74 Å². The number of hydrogen-bond donors (Lipinski definition) is 0. The highest BCUT2D eigenvalue weighted by atomic mass is 35.5. The van der Waals surface area contributed by atoms with E-state index in [-0.39, 0.29) is 12.4 Å². The molecule has 170 valence electrons. The Labute approximate surface area is 197 Å². The average molecular weight is 475 g/mol. The minimum absolute atomic E-state index is 0.0889. The van der Waals surface area contributed by atoms with E-state index in [0.29, 0.717) is 29.2 Å². The molecule has 1 aliphatic rings. The van der Waals surface area contributed by atoms with Gasteiger partial charge in [-0.25, -0.2) is 0 Å². The van der Waals surface area contributed by atoms with E-state index in [1.54, 1.807) is 13.2 Å². The largest absolute Gasteiger partial charge is 0.484 e. The van der Waals surface area contributed by atoms with Gasteiger partial charge in [-0.15, -0.1) is 10.2 Å². The number of ether oxygens (including phenoxy) is 2. The van der Waals surface area contributed by atoms with Crippen molar-refractivity contribution in [2.75, 3.05) is 19.5 Å². The van der Waals surface area contributed by atoms with Gasteiger partial charge in [0.2, 0.25) is 0 Å². The lowest BCUT2D eigenvalue weighted by molar-refractivity contribution is 0.102. The summed E-state index contributed by atoms with van der Waals surface area (Å²) in [6.07, 6.45) is 2.17. The number of methoxy groups -OCH3 is 1. The van der Waals surface area contributed by atoms with E-state index in [1.165, 1.54) is 11.8 Å². The summed E-state index contributed by atoms with van der Waals surface area (Å²) < 4.78 is 15.3. The van der Waals surface area contributed by atoms with E-state index in [1.807, 2.05) is 38.1 Å². The molecule has 0 spiro atoms. The molecule has 0 amide bonds. The van der Waals surface area contributed by atoms with Crippen molar-refractivity contribution >= 4 is 29.1 Å². The van der Waals surface area contributed by atoms with E-state index in [0.717, 1.165) is 47.3 Å². The molecule has 0 saturated heterocycles. The summed E-state index contributed by atoms with van der Waals surface area (Å²) in [5, 5.41) is 10.0. The van der Waals surface area contributed by atoms with Gasteiger partial charge >= 0.3 is 0 Å². The van der Waals surface area contributed by atoms with Crippen molar-refractivity contribution in [2.24, 2.45) is 0 Å². The number of Topliss-reactive ketones (excluding diaryl/α,β-unsaturated/α-hetero) is 1. The van der Waals surface area contributed by atoms with Crippen molar-refractivity contribution in [3.8, 4) is 5.75 Å². The van der Waals surface area contributed by atoms with Gasteiger partial charge in [-0.2, -0.15) is 0 Å². The van der Waals surface area contributed by atoms with Gasteiger partial charge in [0.25, 0.3) is 0 Å². The Morgan fingerprint density at radius 1 is 1.25 bits per heavy atom. The maximum atomic E-state index is 13.0. The summed E-state index contributed by atoms with van der Waals surface area (Å²) >= 11 is 7.62. The number of halogens is 1. The van der Waals surface area contributed by atoms with Crippen LogP contribution in [0.15, 0.2) is 35.5 Å². The molecular weight excluding hydrogens is 448 g/mol. The summed E-state index contributed by atoms with van der Waals surface area (Å²) in [7, 11) is 1.68. The van der Waals surface area contributed by atoms with Crippen molar-refractivity contribution < 1.29 is 14.3 Å². The third-order valence-corrected chi connectivity index (χ3v) is 6.82. The van der Waals surface area contributed by atoms with Crippen LogP contribution in [-0.4, -0.2) is 44.6 Å². The first kappa shape index (κ1) is 22.9. The van der Waals surface area contributed by atoms with E-state index < -0.39 is 0 Å². The van der Waals surface area contributed by atoms with Gasteiger partial charge in [0.1, 0.15) is 12.4 Å². The standard InChI is InChI=1S/C23H27ClN4O3S/c1-15-12-18(16(2)27(15)10-11-30-3)20(29)14-32-23-26-25-22(28(23)17-8-9-17)13-31-21-7-5-4-6-19(21)24/h4-7,12,17H,8-11,13-14H2,1-3H3. The predicted octanol–water partition coefficient (Wildman–Crippen LogP) is 4.89. The maximum absolute atomic E-state index is 13.0. The van der Waals surface area contributed by atoms with E-state index in [9.17, 15) is 4.79 Å².